The Hall–Kier alpha value is -4.04. The molecule has 198 valence electrons. The Morgan fingerprint density at radius 1 is 0.842 bits per heavy atom. The molecular formula is C30H32N2O6. The summed E-state index contributed by atoms with van der Waals surface area (Å²) in [5.74, 6) is 0.157. The number of benzene rings is 3. The summed E-state index contributed by atoms with van der Waals surface area (Å²) in [5, 5.41) is 1.67. The average molecular weight is 517 g/mol. The number of rotatable bonds is 10. The Morgan fingerprint density at radius 2 is 1.61 bits per heavy atom. The van der Waals surface area contributed by atoms with Crippen LogP contribution in [0.1, 0.15) is 38.3 Å². The van der Waals surface area contributed by atoms with Crippen molar-refractivity contribution in [2.24, 2.45) is 5.92 Å². The van der Waals surface area contributed by atoms with Gasteiger partial charge in [-0.25, -0.2) is 9.96 Å². The number of ether oxygens (including phenoxy) is 3. The molecule has 38 heavy (non-hydrogen) atoms. The van der Waals surface area contributed by atoms with E-state index in [9.17, 15) is 9.59 Å². The van der Waals surface area contributed by atoms with Crippen LogP contribution < -0.4 is 24.2 Å². The van der Waals surface area contributed by atoms with E-state index in [0.29, 0.717) is 36.1 Å². The van der Waals surface area contributed by atoms with Gasteiger partial charge in [-0.3, -0.25) is 14.4 Å². The summed E-state index contributed by atoms with van der Waals surface area (Å²) in [6.07, 6.45) is 0.980. The van der Waals surface area contributed by atoms with Crippen LogP contribution >= 0.6 is 0 Å². The van der Waals surface area contributed by atoms with Crippen LogP contribution in [0.3, 0.4) is 0 Å². The van der Waals surface area contributed by atoms with Crippen molar-refractivity contribution in [3.8, 4) is 17.2 Å². The molecule has 2 saturated heterocycles. The minimum Gasteiger partial charge on any atom is -0.495 e. The minimum absolute atomic E-state index is 0.339. The van der Waals surface area contributed by atoms with Gasteiger partial charge in [-0.2, -0.15) is 0 Å². The van der Waals surface area contributed by atoms with Crippen LogP contribution in [0.25, 0.3) is 0 Å². The molecule has 0 radical (unpaired) electrons. The summed E-state index contributed by atoms with van der Waals surface area (Å²) in [4.78, 5) is 35.1. The summed E-state index contributed by atoms with van der Waals surface area (Å²) in [7, 11) is 1.51. The van der Waals surface area contributed by atoms with Crippen molar-refractivity contribution in [3.63, 3.8) is 0 Å². The van der Waals surface area contributed by atoms with Crippen LogP contribution in [0.5, 0.6) is 17.2 Å². The van der Waals surface area contributed by atoms with Gasteiger partial charge in [0, 0.05) is 0 Å². The number of para-hydroxylation sites is 3. The molecule has 0 N–H and O–H groups in total. The van der Waals surface area contributed by atoms with Gasteiger partial charge < -0.3 is 14.2 Å². The van der Waals surface area contributed by atoms with Crippen LogP contribution in [0.4, 0.5) is 11.4 Å². The lowest BCUT2D eigenvalue weighted by Gasteiger charge is -2.29. The lowest BCUT2D eigenvalue weighted by Crippen LogP contribution is -2.37. The highest BCUT2D eigenvalue weighted by Gasteiger charge is 2.60. The van der Waals surface area contributed by atoms with Crippen molar-refractivity contribution in [3.05, 3.63) is 78.4 Å². The van der Waals surface area contributed by atoms with Crippen LogP contribution in [0.2, 0.25) is 0 Å². The predicted molar refractivity (Wildman–Crippen MR) is 144 cm³/mol. The average Bonchev–Trinajstić information content (AvgIpc) is 3.45. The molecule has 5 rings (SSSR count). The highest BCUT2D eigenvalue weighted by atomic mass is 16.7. The van der Waals surface area contributed by atoms with Gasteiger partial charge in [0.25, 0.3) is 5.91 Å². The number of imide groups is 1. The summed E-state index contributed by atoms with van der Waals surface area (Å²) in [6.45, 7) is 5.07. The number of unbranched alkanes of at least 4 members (excludes halogenated alkanes) is 1. The minimum atomic E-state index is -0.978. The number of amides is 2. The number of anilines is 2. The van der Waals surface area contributed by atoms with Gasteiger partial charge in [-0.1, -0.05) is 49.7 Å². The van der Waals surface area contributed by atoms with Crippen LogP contribution in [0.15, 0.2) is 72.8 Å². The topological polar surface area (TPSA) is 77.5 Å². The molecule has 0 unspecified atom stereocenters. The molecule has 0 aliphatic carbocycles. The molecule has 2 heterocycles. The van der Waals surface area contributed by atoms with Crippen molar-refractivity contribution < 1.29 is 28.6 Å². The van der Waals surface area contributed by atoms with E-state index in [0.717, 1.165) is 24.1 Å². The molecule has 0 aromatic heterocycles. The van der Waals surface area contributed by atoms with Crippen LogP contribution in [-0.2, 0) is 14.4 Å². The number of hydroxylamine groups is 1. The first-order valence-electron chi connectivity index (χ1n) is 13.0. The van der Waals surface area contributed by atoms with E-state index in [1.165, 1.54) is 12.0 Å². The number of hydrogen-bond acceptors (Lipinski definition) is 7. The molecule has 8 nitrogen and oxygen atoms in total. The molecule has 8 heteroatoms. The van der Waals surface area contributed by atoms with Crippen molar-refractivity contribution in [1.82, 2.24) is 0 Å². The summed E-state index contributed by atoms with van der Waals surface area (Å²) < 4.78 is 17.3. The number of fused-ring (bicyclic) bond motifs is 1. The van der Waals surface area contributed by atoms with Gasteiger partial charge in [0.15, 0.2) is 17.6 Å². The van der Waals surface area contributed by atoms with Gasteiger partial charge in [0.1, 0.15) is 11.7 Å². The zero-order valence-corrected chi connectivity index (χ0v) is 21.8. The molecular weight excluding hydrogens is 484 g/mol. The number of carbonyl (C=O) groups is 2. The standard InChI is InChI=1S/C30H32N2O6/c1-4-6-18-37-24-17-16-20(19-25(24)36-5-2)27-26-28(38-32(27)21-12-8-7-9-13-21)30(34)31(29(26)33)22-14-10-11-15-23(22)35-3/h7-17,19,26-28H,4-6,18H2,1-3H3/t26-,27+,28-/m0/s1. The molecule has 3 aromatic rings. The van der Waals surface area contributed by atoms with E-state index in [2.05, 4.69) is 6.92 Å². The zero-order valence-electron chi connectivity index (χ0n) is 21.8. The molecule has 0 spiro atoms. The highest BCUT2D eigenvalue weighted by molar-refractivity contribution is 6.24. The summed E-state index contributed by atoms with van der Waals surface area (Å²) in [6, 6.07) is 21.6. The monoisotopic (exact) mass is 516 g/mol. The zero-order chi connectivity index (χ0) is 26.6. The fourth-order valence-corrected chi connectivity index (χ4v) is 5.03. The second-order valence-corrected chi connectivity index (χ2v) is 9.18. The van der Waals surface area contributed by atoms with E-state index in [1.54, 1.807) is 29.3 Å². The van der Waals surface area contributed by atoms with E-state index >= 15 is 0 Å². The fourth-order valence-electron chi connectivity index (χ4n) is 5.03. The summed E-state index contributed by atoms with van der Waals surface area (Å²) in [5.41, 5.74) is 1.94. The van der Waals surface area contributed by atoms with E-state index < -0.39 is 24.0 Å². The first kappa shape index (κ1) is 25.6. The van der Waals surface area contributed by atoms with Gasteiger partial charge in [-0.05, 0) is 55.3 Å². The third-order valence-electron chi connectivity index (χ3n) is 6.82. The van der Waals surface area contributed by atoms with Crippen molar-refractivity contribution >= 4 is 23.2 Å². The maximum atomic E-state index is 14.0. The Labute approximate surface area is 222 Å². The number of methoxy groups -OCH3 is 1. The first-order chi connectivity index (χ1) is 18.6. The molecule has 0 bridgehead atoms. The Balaban J connectivity index is 1.56. The Morgan fingerprint density at radius 3 is 2.34 bits per heavy atom. The maximum Gasteiger partial charge on any atom is 0.266 e. The van der Waals surface area contributed by atoms with E-state index in [4.69, 9.17) is 19.0 Å². The molecule has 0 saturated carbocycles. The molecule has 2 amide bonds. The predicted octanol–water partition coefficient (Wildman–Crippen LogP) is 5.32. The SMILES string of the molecule is CCCCOc1ccc([C@@H]2[C@@H]3C(=O)N(c4ccccc4OC)C(=O)[C@H]3ON2c2ccccc2)cc1OCC. The quantitative estimate of drug-likeness (QED) is 0.266. The van der Waals surface area contributed by atoms with Gasteiger partial charge in [-0.15, -0.1) is 0 Å². The van der Waals surface area contributed by atoms with Crippen LogP contribution in [0, 0.1) is 5.92 Å². The van der Waals surface area contributed by atoms with E-state index in [-0.39, 0.29) is 5.91 Å². The Bertz CT molecular complexity index is 1300. The lowest BCUT2D eigenvalue weighted by molar-refractivity contribution is -0.126. The number of carbonyl (C=O) groups excluding carboxylic acids is 2. The van der Waals surface area contributed by atoms with Crippen molar-refractivity contribution in [2.75, 3.05) is 30.3 Å². The number of nitrogens with zero attached hydrogens (tertiary/aromatic N) is 2. The molecule has 2 aliphatic rings. The molecule has 2 aliphatic heterocycles. The second-order valence-electron chi connectivity index (χ2n) is 9.18. The normalized spacial score (nSPS) is 20.6. The van der Waals surface area contributed by atoms with Gasteiger partial charge in [0.2, 0.25) is 5.91 Å². The Kier molecular flexibility index (Phi) is 7.51. The fraction of sp³-hybridized carbons (Fsp3) is 0.333. The van der Waals surface area contributed by atoms with Gasteiger partial charge >= 0.3 is 0 Å². The smallest absolute Gasteiger partial charge is 0.266 e. The summed E-state index contributed by atoms with van der Waals surface area (Å²) >= 11 is 0. The highest BCUT2D eigenvalue weighted by Crippen LogP contribution is 2.49. The van der Waals surface area contributed by atoms with Crippen molar-refractivity contribution in [1.29, 1.82) is 0 Å². The second kappa shape index (κ2) is 11.1. The lowest BCUT2D eigenvalue weighted by atomic mass is 9.90. The van der Waals surface area contributed by atoms with Gasteiger partial charge in [0.05, 0.1) is 37.7 Å². The molecule has 2 fully saturated rings. The van der Waals surface area contributed by atoms with E-state index in [1.807, 2.05) is 55.5 Å². The maximum absolute atomic E-state index is 14.0. The molecule has 3 atom stereocenters. The largest absolute Gasteiger partial charge is 0.495 e. The molecule has 3 aromatic carbocycles. The van der Waals surface area contributed by atoms with Crippen molar-refractivity contribution in [2.45, 2.75) is 38.8 Å². The number of hydrogen-bond donors (Lipinski definition) is 0. The van der Waals surface area contributed by atoms with Crippen LogP contribution in [-0.4, -0.2) is 38.2 Å². The third-order valence-corrected chi connectivity index (χ3v) is 6.82. The first-order valence-corrected chi connectivity index (χ1v) is 13.0. The third kappa shape index (κ3) is 4.56.